The topological polar surface area (TPSA) is 52.6 Å². The first kappa shape index (κ1) is 14.7. The van der Waals surface area contributed by atoms with Gasteiger partial charge in [0.15, 0.2) is 0 Å². The van der Waals surface area contributed by atoms with Crippen molar-refractivity contribution in [2.45, 2.75) is 20.3 Å². The van der Waals surface area contributed by atoms with Crippen LogP contribution in [0.5, 0.6) is 0 Å². The van der Waals surface area contributed by atoms with Crippen molar-refractivity contribution in [3.8, 4) is 0 Å². The number of esters is 2. The van der Waals surface area contributed by atoms with E-state index < -0.39 is 5.97 Å². The molecule has 5 heteroatoms. The van der Waals surface area contributed by atoms with Crippen LogP contribution in [0.4, 0.5) is 0 Å². The molecule has 0 aromatic heterocycles. The van der Waals surface area contributed by atoms with Crippen molar-refractivity contribution in [1.82, 2.24) is 0 Å². The summed E-state index contributed by atoms with van der Waals surface area (Å²) in [5.74, 6) is -0.787. The number of hydrogen-bond acceptors (Lipinski definition) is 4. The lowest BCUT2D eigenvalue weighted by molar-refractivity contribution is -0.142. The zero-order valence-electron chi connectivity index (χ0n) is 10.4. The van der Waals surface area contributed by atoms with Gasteiger partial charge in [0.05, 0.1) is 25.2 Å². The normalized spacial score (nSPS) is 9.94. The smallest absolute Gasteiger partial charge is 0.338 e. The molecule has 0 amide bonds. The molecule has 1 aromatic rings. The molecule has 1 rings (SSSR count). The number of carbonyl (C=O) groups is 2. The standard InChI is InChI=1S/C13H15BrO4/c1-3-17-12(15)8-9-7-10(14)5-6-11(9)13(16)18-4-2/h5-7H,3-4,8H2,1-2H3. The van der Waals surface area contributed by atoms with Crippen LogP contribution in [0.3, 0.4) is 0 Å². The molecule has 0 heterocycles. The maximum absolute atomic E-state index is 11.7. The van der Waals surface area contributed by atoms with Crippen LogP contribution in [0.25, 0.3) is 0 Å². The average Bonchev–Trinajstić information content (AvgIpc) is 2.29. The van der Waals surface area contributed by atoms with E-state index in [1.165, 1.54) is 0 Å². The Balaban J connectivity index is 2.96. The van der Waals surface area contributed by atoms with Crippen LogP contribution in [0.15, 0.2) is 22.7 Å². The molecule has 98 valence electrons. The third-order valence-corrected chi connectivity index (χ3v) is 2.70. The summed E-state index contributed by atoms with van der Waals surface area (Å²) in [6.45, 7) is 4.10. The third-order valence-electron chi connectivity index (χ3n) is 2.20. The van der Waals surface area contributed by atoms with Gasteiger partial charge in [-0.05, 0) is 37.6 Å². The van der Waals surface area contributed by atoms with Gasteiger partial charge in [0.25, 0.3) is 0 Å². The van der Waals surface area contributed by atoms with E-state index in [9.17, 15) is 9.59 Å². The van der Waals surface area contributed by atoms with Gasteiger partial charge in [-0.15, -0.1) is 0 Å². The molecule has 1 aromatic carbocycles. The van der Waals surface area contributed by atoms with Gasteiger partial charge in [0.1, 0.15) is 0 Å². The second-order valence-corrected chi connectivity index (χ2v) is 4.42. The monoisotopic (exact) mass is 314 g/mol. The van der Waals surface area contributed by atoms with Crippen LogP contribution in [-0.4, -0.2) is 25.2 Å². The SMILES string of the molecule is CCOC(=O)Cc1cc(Br)ccc1C(=O)OCC. The van der Waals surface area contributed by atoms with Crippen molar-refractivity contribution in [3.63, 3.8) is 0 Å². The predicted octanol–water partition coefficient (Wildman–Crippen LogP) is 2.73. The highest BCUT2D eigenvalue weighted by atomic mass is 79.9. The van der Waals surface area contributed by atoms with Crippen molar-refractivity contribution in [1.29, 1.82) is 0 Å². The number of halogens is 1. The Morgan fingerprint density at radius 3 is 2.44 bits per heavy atom. The first-order valence-corrected chi connectivity index (χ1v) is 6.49. The number of hydrogen-bond donors (Lipinski definition) is 0. The van der Waals surface area contributed by atoms with Crippen molar-refractivity contribution in [2.24, 2.45) is 0 Å². The van der Waals surface area contributed by atoms with Gasteiger partial charge in [-0.3, -0.25) is 4.79 Å². The fourth-order valence-corrected chi connectivity index (χ4v) is 1.89. The quantitative estimate of drug-likeness (QED) is 0.784. The minimum atomic E-state index is -0.427. The molecule has 4 nitrogen and oxygen atoms in total. The molecule has 0 aliphatic heterocycles. The summed E-state index contributed by atoms with van der Waals surface area (Å²) in [6.07, 6.45) is 0.0570. The van der Waals surface area contributed by atoms with E-state index in [0.717, 1.165) is 4.47 Å². The van der Waals surface area contributed by atoms with Crippen LogP contribution in [0.2, 0.25) is 0 Å². The molecule has 0 spiro atoms. The predicted molar refractivity (Wildman–Crippen MR) is 70.4 cm³/mol. The molecular formula is C13H15BrO4. The lowest BCUT2D eigenvalue weighted by Gasteiger charge is -2.09. The summed E-state index contributed by atoms with van der Waals surface area (Å²) in [4.78, 5) is 23.2. The largest absolute Gasteiger partial charge is 0.466 e. The van der Waals surface area contributed by atoms with E-state index in [1.54, 1.807) is 32.0 Å². The summed E-state index contributed by atoms with van der Waals surface area (Å²) in [6, 6.07) is 5.10. The maximum Gasteiger partial charge on any atom is 0.338 e. The highest BCUT2D eigenvalue weighted by molar-refractivity contribution is 9.10. The van der Waals surface area contributed by atoms with Crippen molar-refractivity contribution in [2.75, 3.05) is 13.2 Å². The molecule has 0 bridgehead atoms. The van der Waals surface area contributed by atoms with Crippen LogP contribution in [0, 0.1) is 0 Å². The zero-order chi connectivity index (χ0) is 13.5. The van der Waals surface area contributed by atoms with Gasteiger partial charge in [-0.25, -0.2) is 4.79 Å². The lowest BCUT2D eigenvalue weighted by atomic mass is 10.0. The van der Waals surface area contributed by atoms with E-state index in [1.807, 2.05) is 0 Å². The van der Waals surface area contributed by atoms with E-state index in [2.05, 4.69) is 15.9 Å². The second kappa shape index (κ2) is 7.16. The summed E-state index contributed by atoms with van der Waals surface area (Å²) < 4.78 is 10.6. The van der Waals surface area contributed by atoms with E-state index in [0.29, 0.717) is 24.3 Å². The number of rotatable bonds is 5. The molecule has 0 saturated heterocycles. The Hall–Kier alpha value is -1.36. The van der Waals surface area contributed by atoms with Crippen LogP contribution in [0.1, 0.15) is 29.8 Å². The number of benzene rings is 1. The van der Waals surface area contributed by atoms with Crippen LogP contribution in [-0.2, 0) is 20.7 Å². The van der Waals surface area contributed by atoms with Crippen molar-refractivity contribution >= 4 is 27.9 Å². The van der Waals surface area contributed by atoms with E-state index in [4.69, 9.17) is 9.47 Å². The van der Waals surface area contributed by atoms with Gasteiger partial charge in [-0.2, -0.15) is 0 Å². The molecule has 0 atom stereocenters. The van der Waals surface area contributed by atoms with Crippen LogP contribution >= 0.6 is 15.9 Å². The van der Waals surface area contributed by atoms with Crippen LogP contribution < -0.4 is 0 Å². The summed E-state index contributed by atoms with van der Waals surface area (Å²) in [5.41, 5.74) is 0.995. The number of carbonyl (C=O) groups excluding carboxylic acids is 2. The first-order valence-electron chi connectivity index (χ1n) is 5.69. The molecule has 0 N–H and O–H groups in total. The molecule has 0 fully saturated rings. The highest BCUT2D eigenvalue weighted by Crippen LogP contribution is 2.18. The molecular weight excluding hydrogens is 300 g/mol. The maximum atomic E-state index is 11.7. The summed E-state index contributed by atoms with van der Waals surface area (Å²) in [5, 5.41) is 0. The van der Waals surface area contributed by atoms with Crippen molar-refractivity contribution < 1.29 is 19.1 Å². The van der Waals surface area contributed by atoms with Gasteiger partial charge < -0.3 is 9.47 Å². The molecule has 0 aliphatic rings. The van der Waals surface area contributed by atoms with E-state index >= 15 is 0 Å². The molecule has 0 radical (unpaired) electrons. The Kier molecular flexibility index (Phi) is 5.85. The van der Waals surface area contributed by atoms with Crippen molar-refractivity contribution in [3.05, 3.63) is 33.8 Å². The van der Waals surface area contributed by atoms with Gasteiger partial charge in [0.2, 0.25) is 0 Å². The average molecular weight is 315 g/mol. The molecule has 0 saturated carbocycles. The fourth-order valence-electron chi connectivity index (χ4n) is 1.48. The Bertz CT molecular complexity index is 443. The first-order chi connectivity index (χ1) is 8.58. The highest BCUT2D eigenvalue weighted by Gasteiger charge is 2.15. The fraction of sp³-hybridized carbons (Fsp3) is 0.385. The molecule has 0 unspecified atom stereocenters. The lowest BCUT2D eigenvalue weighted by Crippen LogP contribution is -2.13. The minimum absolute atomic E-state index is 0.0570. The second-order valence-electron chi connectivity index (χ2n) is 3.50. The molecule has 18 heavy (non-hydrogen) atoms. The van der Waals surface area contributed by atoms with Gasteiger partial charge >= 0.3 is 11.9 Å². The zero-order valence-corrected chi connectivity index (χ0v) is 12.0. The Morgan fingerprint density at radius 1 is 1.17 bits per heavy atom. The Morgan fingerprint density at radius 2 is 1.83 bits per heavy atom. The van der Waals surface area contributed by atoms with Gasteiger partial charge in [0, 0.05) is 4.47 Å². The third kappa shape index (κ3) is 4.14. The summed E-state index contributed by atoms with van der Waals surface area (Å²) in [7, 11) is 0. The summed E-state index contributed by atoms with van der Waals surface area (Å²) >= 11 is 3.31. The Labute approximate surface area is 114 Å². The van der Waals surface area contributed by atoms with Gasteiger partial charge in [-0.1, -0.05) is 15.9 Å². The minimum Gasteiger partial charge on any atom is -0.466 e. The van der Waals surface area contributed by atoms with E-state index in [-0.39, 0.29) is 12.4 Å². The molecule has 0 aliphatic carbocycles. The number of ether oxygens (including phenoxy) is 2.